The van der Waals surface area contributed by atoms with Crippen LogP contribution in [0.15, 0.2) is 16.3 Å². The number of sulfonamides is 1. The first-order valence-corrected chi connectivity index (χ1v) is 10.2. The third-order valence-electron chi connectivity index (χ3n) is 4.08. The zero-order valence-electron chi connectivity index (χ0n) is 12.5. The van der Waals surface area contributed by atoms with Gasteiger partial charge in [-0.2, -0.15) is 4.31 Å². The monoisotopic (exact) mass is 328 g/mol. The molecule has 1 heterocycles. The largest absolute Gasteiger partial charge is 0.309 e. The van der Waals surface area contributed by atoms with Gasteiger partial charge < -0.3 is 5.32 Å². The fourth-order valence-corrected chi connectivity index (χ4v) is 5.47. The van der Waals surface area contributed by atoms with Crippen molar-refractivity contribution >= 4 is 21.4 Å². The average Bonchev–Trinajstić information content (AvgIpc) is 3.37. The summed E-state index contributed by atoms with van der Waals surface area (Å²) in [6.07, 6.45) is 5.66. The average molecular weight is 329 g/mol. The SMILES string of the molecule is CCCN(CC1CC1)S(=O)(=O)c1ccsc1CNC1CC1. The summed E-state index contributed by atoms with van der Waals surface area (Å²) < 4.78 is 27.6. The number of hydrogen-bond donors (Lipinski definition) is 1. The summed E-state index contributed by atoms with van der Waals surface area (Å²) >= 11 is 1.55. The molecular weight excluding hydrogens is 304 g/mol. The molecular formula is C15H24N2O2S2. The second-order valence-electron chi connectivity index (χ2n) is 6.17. The van der Waals surface area contributed by atoms with Gasteiger partial charge in [-0.1, -0.05) is 6.92 Å². The minimum Gasteiger partial charge on any atom is -0.309 e. The molecule has 1 aromatic heterocycles. The lowest BCUT2D eigenvalue weighted by Crippen LogP contribution is -2.34. The minimum atomic E-state index is -3.33. The molecule has 2 fully saturated rings. The smallest absolute Gasteiger partial charge is 0.244 e. The molecule has 0 aliphatic heterocycles. The highest BCUT2D eigenvalue weighted by atomic mass is 32.2. The van der Waals surface area contributed by atoms with Crippen LogP contribution in [-0.4, -0.2) is 31.9 Å². The summed E-state index contributed by atoms with van der Waals surface area (Å²) in [6, 6.07) is 2.38. The van der Waals surface area contributed by atoms with Gasteiger partial charge in [0.25, 0.3) is 0 Å². The molecule has 1 aromatic rings. The van der Waals surface area contributed by atoms with Crippen molar-refractivity contribution in [2.24, 2.45) is 5.92 Å². The molecule has 2 aliphatic carbocycles. The Morgan fingerprint density at radius 2 is 2.10 bits per heavy atom. The van der Waals surface area contributed by atoms with Crippen LogP contribution >= 0.6 is 11.3 Å². The number of rotatable bonds is 9. The Bertz CT molecular complexity index is 574. The fourth-order valence-electron chi connectivity index (χ4n) is 2.50. The Labute approximate surface area is 131 Å². The van der Waals surface area contributed by atoms with E-state index in [4.69, 9.17) is 0 Å². The van der Waals surface area contributed by atoms with Gasteiger partial charge in [0.1, 0.15) is 0 Å². The highest BCUT2D eigenvalue weighted by molar-refractivity contribution is 7.89. The zero-order valence-corrected chi connectivity index (χ0v) is 14.2. The van der Waals surface area contributed by atoms with Crippen molar-refractivity contribution in [2.75, 3.05) is 13.1 Å². The summed E-state index contributed by atoms with van der Waals surface area (Å²) in [5, 5.41) is 5.32. The summed E-state index contributed by atoms with van der Waals surface area (Å²) in [7, 11) is -3.33. The van der Waals surface area contributed by atoms with Crippen molar-refractivity contribution in [3.63, 3.8) is 0 Å². The van der Waals surface area contributed by atoms with Gasteiger partial charge in [0, 0.05) is 30.6 Å². The lowest BCUT2D eigenvalue weighted by molar-refractivity contribution is 0.395. The first kappa shape index (κ1) is 15.5. The molecule has 0 spiro atoms. The number of nitrogens with zero attached hydrogens (tertiary/aromatic N) is 1. The molecule has 3 rings (SSSR count). The molecule has 0 unspecified atom stereocenters. The molecule has 6 heteroatoms. The molecule has 0 aromatic carbocycles. The van der Waals surface area contributed by atoms with Crippen LogP contribution < -0.4 is 5.32 Å². The molecule has 0 amide bonds. The molecule has 1 N–H and O–H groups in total. The maximum absolute atomic E-state index is 12.9. The Morgan fingerprint density at radius 3 is 2.71 bits per heavy atom. The van der Waals surface area contributed by atoms with E-state index in [0.29, 0.717) is 36.5 Å². The van der Waals surface area contributed by atoms with Gasteiger partial charge in [0.05, 0.1) is 4.90 Å². The molecule has 0 atom stereocenters. The van der Waals surface area contributed by atoms with E-state index in [1.54, 1.807) is 21.7 Å². The highest BCUT2D eigenvalue weighted by Gasteiger charge is 2.33. The normalized spacial score (nSPS) is 19.3. The number of nitrogens with one attached hydrogen (secondary N) is 1. The second kappa shape index (κ2) is 6.36. The Kier molecular flexibility index (Phi) is 4.69. The highest BCUT2D eigenvalue weighted by Crippen LogP contribution is 2.33. The lowest BCUT2D eigenvalue weighted by Gasteiger charge is -2.21. The first-order valence-electron chi connectivity index (χ1n) is 7.91. The van der Waals surface area contributed by atoms with Crippen molar-refractivity contribution in [1.82, 2.24) is 9.62 Å². The zero-order chi connectivity index (χ0) is 14.9. The van der Waals surface area contributed by atoms with E-state index in [1.807, 2.05) is 12.3 Å². The number of thiophene rings is 1. The van der Waals surface area contributed by atoms with Crippen LogP contribution in [0.1, 0.15) is 43.9 Å². The molecule has 0 bridgehead atoms. The van der Waals surface area contributed by atoms with Crippen molar-refractivity contribution in [1.29, 1.82) is 0 Å². The third-order valence-corrected chi connectivity index (χ3v) is 7.08. The summed E-state index contributed by atoms with van der Waals surface area (Å²) in [5.41, 5.74) is 0. The van der Waals surface area contributed by atoms with Crippen LogP contribution in [0.3, 0.4) is 0 Å². The number of hydrogen-bond acceptors (Lipinski definition) is 4. The second-order valence-corrected chi connectivity index (χ2v) is 9.08. The summed E-state index contributed by atoms with van der Waals surface area (Å²) in [5.74, 6) is 0.581. The summed E-state index contributed by atoms with van der Waals surface area (Å²) in [4.78, 5) is 1.48. The van der Waals surface area contributed by atoms with Crippen molar-refractivity contribution in [3.05, 3.63) is 16.3 Å². The Morgan fingerprint density at radius 1 is 1.33 bits per heavy atom. The van der Waals surface area contributed by atoms with E-state index in [1.165, 1.54) is 25.7 Å². The maximum Gasteiger partial charge on any atom is 0.244 e. The molecule has 0 saturated heterocycles. The quantitative estimate of drug-likeness (QED) is 0.758. The predicted octanol–water partition coefficient (Wildman–Crippen LogP) is 2.81. The van der Waals surface area contributed by atoms with Gasteiger partial charge in [0.2, 0.25) is 10.0 Å². The van der Waals surface area contributed by atoms with E-state index >= 15 is 0 Å². The fraction of sp³-hybridized carbons (Fsp3) is 0.733. The third kappa shape index (κ3) is 3.86. The van der Waals surface area contributed by atoms with Crippen molar-refractivity contribution < 1.29 is 8.42 Å². The van der Waals surface area contributed by atoms with Crippen LogP contribution in [0.25, 0.3) is 0 Å². The molecule has 2 saturated carbocycles. The molecule has 4 nitrogen and oxygen atoms in total. The van der Waals surface area contributed by atoms with Crippen molar-refractivity contribution in [2.45, 2.75) is 56.5 Å². The molecule has 21 heavy (non-hydrogen) atoms. The topological polar surface area (TPSA) is 49.4 Å². The maximum atomic E-state index is 12.9. The van der Waals surface area contributed by atoms with E-state index < -0.39 is 10.0 Å². The van der Waals surface area contributed by atoms with Crippen LogP contribution in [0.5, 0.6) is 0 Å². The molecule has 0 radical (unpaired) electrons. The first-order chi connectivity index (χ1) is 10.1. The van der Waals surface area contributed by atoms with Crippen molar-refractivity contribution in [3.8, 4) is 0 Å². The van der Waals surface area contributed by atoms with Gasteiger partial charge in [0.15, 0.2) is 0 Å². The standard InChI is InChI=1S/C15H24N2O2S2/c1-2-8-17(11-12-3-4-12)21(18,19)15-7-9-20-14(15)10-16-13-5-6-13/h7,9,12-13,16H,2-6,8,10-11H2,1H3. The van der Waals surface area contributed by atoms with Crippen LogP contribution in [0, 0.1) is 5.92 Å². The predicted molar refractivity (Wildman–Crippen MR) is 86.0 cm³/mol. The van der Waals surface area contributed by atoms with E-state index in [-0.39, 0.29) is 0 Å². The van der Waals surface area contributed by atoms with E-state index in [2.05, 4.69) is 5.32 Å². The minimum absolute atomic E-state index is 0.523. The van der Waals surface area contributed by atoms with Gasteiger partial charge in [-0.25, -0.2) is 8.42 Å². The van der Waals surface area contributed by atoms with Gasteiger partial charge in [-0.3, -0.25) is 0 Å². The van der Waals surface area contributed by atoms with Crippen LogP contribution in [0.4, 0.5) is 0 Å². The van der Waals surface area contributed by atoms with Crippen LogP contribution in [0.2, 0.25) is 0 Å². The summed E-state index contributed by atoms with van der Waals surface area (Å²) in [6.45, 7) is 4.05. The lowest BCUT2D eigenvalue weighted by atomic mass is 10.4. The Balaban J connectivity index is 1.76. The van der Waals surface area contributed by atoms with Crippen LogP contribution in [-0.2, 0) is 16.6 Å². The van der Waals surface area contributed by atoms with Gasteiger partial charge in [-0.15, -0.1) is 11.3 Å². The van der Waals surface area contributed by atoms with Gasteiger partial charge >= 0.3 is 0 Å². The Hall–Kier alpha value is -0.430. The molecule has 2 aliphatic rings. The van der Waals surface area contributed by atoms with Gasteiger partial charge in [-0.05, 0) is 49.5 Å². The van der Waals surface area contributed by atoms with E-state index in [0.717, 1.165) is 11.3 Å². The molecule has 118 valence electrons. The van der Waals surface area contributed by atoms with E-state index in [9.17, 15) is 8.42 Å².